The van der Waals surface area contributed by atoms with Gasteiger partial charge in [-0.1, -0.05) is 17.7 Å². The molecule has 3 N–H and O–H groups in total. The fraction of sp³-hybridized carbons (Fsp3) is 0.250. The number of sulfonamides is 1. The lowest BCUT2D eigenvalue weighted by atomic mass is 10.2. The molecule has 1 heterocycles. The third-order valence-corrected chi connectivity index (χ3v) is 4.53. The van der Waals surface area contributed by atoms with Crippen molar-refractivity contribution in [2.24, 2.45) is 0 Å². The van der Waals surface area contributed by atoms with Crippen LogP contribution in [0.2, 0.25) is 5.02 Å². The maximum atomic E-state index is 12.2. The van der Waals surface area contributed by atoms with Gasteiger partial charge in [-0.3, -0.25) is 0 Å². The Kier molecular flexibility index (Phi) is 4.77. The van der Waals surface area contributed by atoms with E-state index in [9.17, 15) is 8.42 Å². The molecule has 1 aromatic carbocycles. The van der Waals surface area contributed by atoms with E-state index in [0.29, 0.717) is 12.4 Å². The minimum atomic E-state index is -3.68. The highest BCUT2D eigenvalue weighted by Gasteiger charge is 2.18. The molecule has 0 aliphatic carbocycles. The molecule has 0 atom stereocenters. The highest BCUT2D eigenvalue weighted by molar-refractivity contribution is 7.89. The van der Waals surface area contributed by atoms with E-state index < -0.39 is 10.0 Å². The molecule has 1 aromatic heterocycles. The van der Waals surface area contributed by atoms with Crippen molar-refractivity contribution in [1.29, 1.82) is 0 Å². The highest BCUT2D eigenvalue weighted by Crippen LogP contribution is 2.22. The fourth-order valence-corrected chi connectivity index (χ4v) is 3.24. The van der Waals surface area contributed by atoms with E-state index in [1.165, 1.54) is 0 Å². The van der Waals surface area contributed by atoms with Gasteiger partial charge in [0, 0.05) is 18.9 Å². The summed E-state index contributed by atoms with van der Waals surface area (Å²) in [4.78, 5) is 6.85. The summed E-state index contributed by atoms with van der Waals surface area (Å²) in [6.45, 7) is 0.653. The average molecular weight is 315 g/mol. The number of aromatic nitrogens is 2. The van der Waals surface area contributed by atoms with E-state index >= 15 is 0 Å². The number of imidazole rings is 1. The first-order chi connectivity index (χ1) is 9.53. The van der Waals surface area contributed by atoms with Crippen molar-refractivity contribution in [1.82, 2.24) is 20.0 Å². The van der Waals surface area contributed by atoms with Crippen molar-refractivity contribution in [3.8, 4) is 0 Å². The Morgan fingerprint density at radius 3 is 2.80 bits per heavy atom. The minimum absolute atomic E-state index is 0.0680. The van der Waals surface area contributed by atoms with Gasteiger partial charge in [0.05, 0.1) is 11.6 Å². The lowest BCUT2D eigenvalue weighted by molar-refractivity contribution is 0.579. The van der Waals surface area contributed by atoms with Gasteiger partial charge in [0.15, 0.2) is 0 Å². The second-order valence-corrected chi connectivity index (χ2v) is 6.30. The molecule has 20 heavy (non-hydrogen) atoms. The molecular weight excluding hydrogens is 300 g/mol. The maximum Gasteiger partial charge on any atom is 0.242 e. The van der Waals surface area contributed by atoms with E-state index in [4.69, 9.17) is 11.6 Å². The van der Waals surface area contributed by atoms with E-state index in [2.05, 4.69) is 20.0 Å². The van der Waals surface area contributed by atoms with Gasteiger partial charge in [-0.05, 0) is 24.7 Å². The second kappa shape index (κ2) is 6.36. The summed E-state index contributed by atoms with van der Waals surface area (Å²) in [5, 5.41) is 3.15. The Morgan fingerprint density at radius 1 is 1.35 bits per heavy atom. The first kappa shape index (κ1) is 15.0. The number of hydrogen-bond donors (Lipinski definition) is 3. The number of nitrogens with one attached hydrogen (secondary N) is 3. The maximum absolute atomic E-state index is 12.2. The number of aromatic amines is 1. The molecule has 0 aliphatic rings. The van der Waals surface area contributed by atoms with Gasteiger partial charge in [0.2, 0.25) is 10.0 Å². The zero-order valence-corrected chi connectivity index (χ0v) is 12.4. The molecule has 2 rings (SSSR count). The van der Waals surface area contributed by atoms with Crippen molar-refractivity contribution >= 4 is 21.6 Å². The zero-order valence-electron chi connectivity index (χ0n) is 10.9. The average Bonchev–Trinajstić information content (AvgIpc) is 2.92. The van der Waals surface area contributed by atoms with Gasteiger partial charge >= 0.3 is 0 Å². The standard InChI is InChI=1S/C12H15ClN4O2S/c1-14-7-9-2-3-10(13)11(6-9)20(18,19)17-8-12-15-4-5-16-12/h2-6,14,17H,7-8H2,1H3,(H,15,16). The molecule has 6 nitrogen and oxygen atoms in total. The van der Waals surface area contributed by atoms with E-state index in [1.807, 2.05) is 0 Å². The van der Waals surface area contributed by atoms with Crippen molar-refractivity contribution in [3.63, 3.8) is 0 Å². The molecule has 0 fully saturated rings. The fourth-order valence-electron chi connectivity index (χ4n) is 1.70. The largest absolute Gasteiger partial charge is 0.347 e. The van der Waals surface area contributed by atoms with Crippen LogP contribution < -0.4 is 10.0 Å². The van der Waals surface area contributed by atoms with E-state index in [-0.39, 0.29) is 16.5 Å². The molecule has 8 heteroatoms. The molecule has 2 aromatic rings. The second-order valence-electron chi connectivity index (χ2n) is 4.16. The summed E-state index contributed by atoms with van der Waals surface area (Å²) in [5.41, 5.74) is 0.843. The number of H-pyrrole nitrogens is 1. The van der Waals surface area contributed by atoms with Gasteiger partial charge in [-0.2, -0.15) is 0 Å². The van der Waals surface area contributed by atoms with Gasteiger partial charge in [-0.15, -0.1) is 0 Å². The number of hydrogen-bond acceptors (Lipinski definition) is 4. The quantitative estimate of drug-likeness (QED) is 0.749. The third-order valence-electron chi connectivity index (χ3n) is 2.65. The summed E-state index contributed by atoms with van der Waals surface area (Å²) >= 11 is 5.98. The monoisotopic (exact) mass is 314 g/mol. The van der Waals surface area contributed by atoms with Crippen molar-refractivity contribution in [2.75, 3.05) is 7.05 Å². The van der Waals surface area contributed by atoms with Gasteiger partial charge in [0.25, 0.3) is 0 Å². The normalized spacial score (nSPS) is 11.7. The van der Waals surface area contributed by atoms with Crippen molar-refractivity contribution in [2.45, 2.75) is 18.0 Å². The van der Waals surface area contributed by atoms with Crippen LogP contribution in [0.5, 0.6) is 0 Å². The Hall–Kier alpha value is -1.41. The highest BCUT2D eigenvalue weighted by atomic mass is 35.5. The predicted octanol–water partition coefficient (Wildman–Crippen LogP) is 1.26. The summed E-state index contributed by atoms with van der Waals surface area (Å²) < 4.78 is 27.0. The molecular formula is C12H15ClN4O2S. The lowest BCUT2D eigenvalue weighted by Gasteiger charge is -2.09. The molecule has 0 spiro atoms. The van der Waals surface area contributed by atoms with Crippen LogP contribution in [0.4, 0.5) is 0 Å². The Balaban J connectivity index is 2.21. The topological polar surface area (TPSA) is 86.9 Å². The Labute approximate surface area is 122 Å². The number of halogens is 1. The number of benzene rings is 1. The Morgan fingerprint density at radius 2 is 2.15 bits per heavy atom. The summed E-state index contributed by atoms with van der Waals surface area (Å²) in [6.07, 6.45) is 3.19. The first-order valence-corrected chi connectivity index (χ1v) is 7.80. The molecule has 0 bridgehead atoms. The molecule has 0 aliphatic heterocycles. The molecule has 0 saturated heterocycles. The van der Waals surface area contributed by atoms with Gasteiger partial charge < -0.3 is 10.3 Å². The van der Waals surface area contributed by atoms with Crippen LogP contribution in [-0.4, -0.2) is 25.4 Å². The third kappa shape index (κ3) is 3.57. The smallest absolute Gasteiger partial charge is 0.242 e. The molecule has 108 valence electrons. The first-order valence-electron chi connectivity index (χ1n) is 5.94. The summed E-state index contributed by atoms with van der Waals surface area (Å²) in [7, 11) is -1.89. The SMILES string of the molecule is CNCc1ccc(Cl)c(S(=O)(=O)NCc2ncc[nH]2)c1. The van der Waals surface area contributed by atoms with Crippen LogP contribution >= 0.6 is 11.6 Å². The van der Waals surface area contributed by atoms with Gasteiger partial charge in [0.1, 0.15) is 10.7 Å². The van der Waals surface area contributed by atoms with Crippen molar-refractivity contribution < 1.29 is 8.42 Å². The van der Waals surface area contributed by atoms with Crippen LogP contribution in [0.1, 0.15) is 11.4 Å². The lowest BCUT2D eigenvalue weighted by Crippen LogP contribution is -2.24. The zero-order chi connectivity index (χ0) is 14.6. The van der Waals surface area contributed by atoms with Crippen LogP contribution in [0.3, 0.4) is 0 Å². The van der Waals surface area contributed by atoms with Crippen LogP contribution in [0.15, 0.2) is 35.5 Å². The minimum Gasteiger partial charge on any atom is -0.347 e. The van der Waals surface area contributed by atoms with E-state index in [0.717, 1.165) is 5.56 Å². The van der Waals surface area contributed by atoms with Crippen LogP contribution in [0, 0.1) is 0 Å². The summed E-state index contributed by atoms with van der Waals surface area (Å²) in [6, 6.07) is 4.92. The van der Waals surface area contributed by atoms with Crippen LogP contribution in [-0.2, 0) is 23.1 Å². The predicted molar refractivity (Wildman–Crippen MR) is 76.8 cm³/mol. The molecule has 0 unspecified atom stereocenters. The summed E-state index contributed by atoms with van der Waals surface area (Å²) in [5.74, 6) is 0.538. The number of nitrogens with zero attached hydrogens (tertiary/aromatic N) is 1. The van der Waals surface area contributed by atoms with Crippen molar-refractivity contribution in [3.05, 3.63) is 47.0 Å². The Bertz CT molecular complexity index is 671. The van der Waals surface area contributed by atoms with E-state index in [1.54, 1.807) is 37.6 Å². The molecule has 0 radical (unpaired) electrons. The van der Waals surface area contributed by atoms with Crippen LogP contribution in [0.25, 0.3) is 0 Å². The molecule has 0 saturated carbocycles. The molecule has 0 amide bonds. The number of rotatable bonds is 6. The van der Waals surface area contributed by atoms with Gasteiger partial charge in [-0.25, -0.2) is 18.1 Å².